The number of amides is 1. The molecule has 0 saturated heterocycles. The summed E-state index contributed by atoms with van der Waals surface area (Å²) in [5.41, 5.74) is 3.13. The van der Waals surface area contributed by atoms with Crippen LogP contribution in [0.1, 0.15) is 39.0 Å². The zero-order chi connectivity index (χ0) is 19.2. The number of aryl methyl sites for hydroxylation is 1. The minimum Gasteiger partial charge on any atom is -0.347 e. The van der Waals surface area contributed by atoms with Gasteiger partial charge in [-0.25, -0.2) is 9.97 Å². The summed E-state index contributed by atoms with van der Waals surface area (Å²) in [7, 11) is 0. The number of hydrogen-bond acceptors (Lipinski definition) is 6. The lowest BCUT2D eigenvalue weighted by atomic mass is 10.1. The lowest BCUT2D eigenvalue weighted by Crippen LogP contribution is -2.24. The van der Waals surface area contributed by atoms with Gasteiger partial charge in [-0.05, 0) is 49.7 Å². The molecule has 0 bridgehead atoms. The van der Waals surface area contributed by atoms with E-state index in [1.54, 1.807) is 49.6 Å². The second-order valence-electron chi connectivity index (χ2n) is 6.02. The summed E-state index contributed by atoms with van der Waals surface area (Å²) in [6.07, 6.45) is 3.35. The van der Waals surface area contributed by atoms with E-state index < -0.39 is 0 Å². The zero-order valence-electron chi connectivity index (χ0n) is 15.1. The molecule has 7 heteroatoms. The van der Waals surface area contributed by atoms with Gasteiger partial charge in [-0.15, -0.1) is 0 Å². The number of anilines is 2. The van der Waals surface area contributed by atoms with Crippen molar-refractivity contribution in [2.75, 3.05) is 5.32 Å². The molecule has 0 atom stereocenters. The second-order valence-corrected chi connectivity index (χ2v) is 6.02. The zero-order valence-corrected chi connectivity index (χ0v) is 15.1. The van der Waals surface area contributed by atoms with Crippen LogP contribution < -0.4 is 10.6 Å². The molecule has 2 heterocycles. The molecule has 0 unspecified atom stereocenters. The molecule has 0 aliphatic heterocycles. The van der Waals surface area contributed by atoms with Crippen LogP contribution in [-0.2, 0) is 6.54 Å². The standard InChI is InChI=1S/C20H19N5O2/c1-13-10-18(19(27)22-12-15-6-8-21-9-7-15)25-20(23-13)24-17-5-3-4-16(11-17)14(2)26/h3-11H,12H2,1-2H3,(H,22,27)(H,23,24,25). The van der Waals surface area contributed by atoms with Gasteiger partial charge in [0, 0.05) is 35.9 Å². The van der Waals surface area contributed by atoms with E-state index >= 15 is 0 Å². The van der Waals surface area contributed by atoms with Gasteiger partial charge in [0.2, 0.25) is 5.95 Å². The highest BCUT2D eigenvalue weighted by atomic mass is 16.1. The third kappa shape index (κ3) is 4.94. The third-order valence-electron chi connectivity index (χ3n) is 3.81. The molecule has 0 radical (unpaired) electrons. The quantitative estimate of drug-likeness (QED) is 0.655. The van der Waals surface area contributed by atoms with Gasteiger partial charge in [-0.1, -0.05) is 12.1 Å². The van der Waals surface area contributed by atoms with E-state index in [9.17, 15) is 9.59 Å². The summed E-state index contributed by atoms with van der Waals surface area (Å²) in [6.45, 7) is 3.68. The Hall–Kier alpha value is -3.61. The number of pyridine rings is 1. The van der Waals surface area contributed by atoms with Crippen molar-refractivity contribution in [1.82, 2.24) is 20.3 Å². The smallest absolute Gasteiger partial charge is 0.270 e. The van der Waals surface area contributed by atoms with Gasteiger partial charge in [-0.3, -0.25) is 14.6 Å². The first kappa shape index (κ1) is 18.2. The third-order valence-corrected chi connectivity index (χ3v) is 3.81. The van der Waals surface area contributed by atoms with E-state index in [1.165, 1.54) is 6.92 Å². The van der Waals surface area contributed by atoms with Gasteiger partial charge in [0.05, 0.1) is 0 Å². The van der Waals surface area contributed by atoms with Crippen LogP contribution in [0.25, 0.3) is 0 Å². The molecule has 3 rings (SSSR count). The summed E-state index contributed by atoms with van der Waals surface area (Å²) < 4.78 is 0. The molecule has 0 fully saturated rings. The van der Waals surface area contributed by atoms with Crippen LogP contribution in [-0.4, -0.2) is 26.6 Å². The number of rotatable bonds is 6. The molecule has 1 amide bonds. The minimum absolute atomic E-state index is 0.0278. The maximum Gasteiger partial charge on any atom is 0.270 e. The van der Waals surface area contributed by atoms with Crippen molar-refractivity contribution < 1.29 is 9.59 Å². The minimum atomic E-state index is -0.294. The molecule has 7 nitrogen and oxygen atoms in total. The highest BCUT2D eigenvalue weighted by Gasteiger charge is 2.11. The van der Waals surface area contributed by atoms with Gasteiger partial charge >= 0.3 is 0 Å². The molecule has 2 N–H and O–H groups in total. The van der Waals surface area contributed by atoms with E-state index in [4.69, 9.17) is 0 Å². The van der Waals surface area contributed by atoms with E-state index in [2.05, 4.69) is 25.6 Å². The lowest BCUT2D eigenvalue weighted by molar-refractivity contribution is 0.0945. The summed E-state index contributed by atoms with van der Waals surface area (Å²) in [6, 6.07) is 12.3. The van der Waals surface area contributed by atoms with Crippen molar-refractivity contribution in [3.8, 4) is 0 Å². The average Bonchev–Trinajstić information content (AvgIpc) is 2.66. The number of aromatic nitrogens is 3. The molecule has 0 spiro atoms. The SMILES string of the molecule is CC(=O)c1cccc(Nc2nc(C)cc(C(=O)NCc3ccncc3)n2)c1. The van der Waals surface area contributed by atoms with Crippen molar-refractivity contribution in [3.63, 3.8) is 0 Å². The molecule has 0 aliphatic rings. The van der Waals surface area contributed by atoms with Crippen LogP contribution >= 0.6 is 0 Å². The number of carbonyl (C=O) groups excluding carboxylic acids is 2. The fraction of sp³-hybridized carbons (Fsp3) is 0.150. The molecule has 27 heavy (non-hydrogen) atoms. The topological polar surface area (TPSA) is 96.9 Å². The Balaban J connectivity index is 1.74. The molecule has 136 valence electrons. The van der Waals surface area contributed by atoms with Crippen molar-refractivity contribution >= 4 is 23.3 Å². The van der Waals surface area contributed by atoms with Crippen molar-refractivity contribution in [2.24, 2.45) is 0 Å². The van der Waals surface area contributed by atoms with Gasteiger partial charge in [0.15, 0.2) is 5.78 Å². The van der Waals surface area contributed by atoms with E-state index in [1.807, 2.05) is 12.1 Å². The molecule has 3 aromatic rings. The number of ketones is 1. The number of nitrogens with one attached hydrogen (secondary N) is 2. The maximum absolute atomic E-state index is 12.4. The number of carbonyl (C=O) groups is 2. The Bertz CT molecular complexity index is 973. The first-order chi connectivity index (χ1) is 13.0. The van der Waals surface area contributed by atoms with Crippen LogP contribution in [0, 0.1) is 6.92 Å². The normalized spacial score (nSPS) is 10.3. The molecule has 0 saturated carbocycles. The molecule has 1 aromatic carbocycles. The summed E-state index contributed by atoms with van der Waals surface area (Å²) in [5.74, 6) is -0.0254. The van der Waals surface area contributed by atoms with E-state index in [0.717, 1.165) is 5.56 Å². The molecular formula is C20H19N5O2. The number of hydrogen-bond donors (Lipinski definition) is 2. The van der Waals surface area contributed by atoms with Crippen molar-refractivity contribution in [2.45, 2.75) is 20.4 Å². The van der Waals surface area contributed by atoms with Crippen molar-refractivity contribution in [1.29, 1.82) is 0 Å². The fourth-order valence-electron chi connectivity index (χ4n) is 2.46. The molecule has 0 aliphatic carbocycles. The van der Waals surface area contributed by atoms with Crippen molar-refractivity contribution in [3.05, 3.63) is 77.4 Å². The lowest BCUT2D eigenvalue weighted by Gasteiger charge is -2.09. The highest BCUT2D eigenvalue weighted by molar-refractivity contribution is 5.95. The summed E-state index contributed by atoms with van der Waals surface area (Å²) >= 11 is 0. The van der Waals surface area contributed by atoms with Gasteiger partial charge in [-0.2, -0.15) is 0 Å². The predicted octanol–water partition coefficient (Wildman–Crippen LogP) is 3.06. The van der Waals surface area contributed by atoms with E-state index in [0.29, 0.717) is 29.4 Å². The highest BCUT2D eigenvalue weighted by Crippen LogP contribution is 2.16. The Labute approximate surface area is 156 Å². The first-order valence-corrected chi connectivity index (χ1v) is 8.42. The number of Topliss-reactive ketones (excluding diaryl/α,β-unsaturated/α-hetero) is 1. The van der Waals surface area contributed by atoms with Crippen LogP contribution in [0.2, 0.25) is 0 Å². The predicted molar refractivity (Wildman–Crippen MR) is 102 cm³/mol. The second kappa shape index (κ2) is 8.18. The first-order valence-electron chi connectivity index (χ1n) is 8.42. The number of benzene rings is 1. The van der Waals surface area contributed by atoms with Crippen LogP contribution in [0.15, 0.2) is 54.9 Å². The van der Waals surface area contributed by atoms with Crippen LogP contribution in [0.4, 0.5) is 11.6 Å². The Morgan fingerprint density at radius 3 is 2.56 bits per heavy atom. The molecular weight excluding hydrogens is 342 g/mol. The monoisotopic (exact) mass is 361 g/mol. The summed E-state index contributed by atoms with van der Waals surface area (Å²) in [5, 5.41) is 5.87. The van der Waals surface area contributed by atoms with E-state index in [-0.39, 0.29) is 17.4 Å². The Morgan fingerprint density at radius 1 is 1.04 bits per heavy atom. The van der Waals surface area contributed by atoms with Gasteiger partial charge in [0.1, 0.15) is 5.69 Å². The number of nitrogens with zero attached hydrogens (tertiary/aromatic N) is 3. The van der Waals surface area contributed by atoms with Crippen LogP contribution in [0.3, 0.4) is 0 Å². The summed E-state index contributed by atoms with van der Waals surface area (Å²) in [4.78, 5) is 36.5. The fourth-order valence-corrected chi connectivity index (χ4v) is 2.46. The maximum atomic E-state index is 12.4. The Morgan fingerprint density at radius 2 is 1.81 bits per heavy atom. The van der Waals surface area contributed by atoms with Crippen LogP contribution in [0.5, 0.6) is 0 Å². The average molecular weight is 361 g/mol. The van der Waals surface area contributed by atoms with Gasteiger partial charge in [0.25, 0.3) is 5.91 Å². The largest absolute Gasteiger partial charge is 0.347 e. The molecule has 2 aromatic heterocycles. The van der Waals surface area contributed by atoms with Gasteiger partial charge < -0.3 is 10.6 Å². The Kier molecular flexibility index (Phi) is 5.51.